The molecule has 0 radical (unpaired) electrons. The van der Waals surface area contributed by atoms with Crippen molar-refractivity contribution in [2.24, 2.45) is 0 Å². The Kier molecular flexibility index (Phi) is 6.28. The largest absolute Gasteiger partial charge is 0.378 e. The van der Waals surface area contributed by atoms with Crippen LogP contribution in [-0.2, 0) is 14.8 Å². The topological polar surface area (TPSA) is 55.4 Å². The lowest BCUT2D eigenvalue weighted by Gasteiger charge is -2.21. The fourth-order valence-corrected chi connectivity index (χ4v) is 3.57. The average molecular weight is 333 g/mol. The van der Waals surface area contributed by atoms with Crippen LogP contribution in [0, 0.1) is 11.6 Å². The molecule has 1 fully saturated rings. The Bertz CT molecular complexity index is 586. The van der Waals surface area contributed by atoms with Crippen molar-refractivity contribution in [3.63, 3.8) is 0 Å². The van der Waals surface area contributed by atoms with Gasteiger partial charge in [-0.1, -0.05) is 19.3 Å². The van der Waals surface area contributed by atoms with Crippen LogP contribution in [0.4, 0.5) is 8.78 Å². The molecule has 4 nitrogen and oxygen atoms in total. The summed E-state index contributed by atoms with van der Waals surface area (Å²) >= 11 is 0. The average Bonchev–Trinajstić information content (AvgIpc) is 2.50. The van der Waals surface area contributed by atoms with Gasteiger partial charge < -0.3 is 4.74 Å². The lowest BCUT2D eigenvalue weighted by atomic mass is 9.98. The zero-order chi connectivity index (χ0) is 16.0. The maximum Gasteiger partial charge on any atom is 0.240 e. The van der Waals surface area contributed by atoms with E-state index >= 15 is 0 Å². The molecule has 0 unspecified atom stereocenters. The number of hydrogen-bond donors (Lipinski definition) is 1. The molecular formula is C15H21F2NO3S. The molecule has 1 saturated carbocycles. The zero-order valence-corrected chi connectivity index (χ0v) is 13.2. The van der Waals surface area contributed by atoms with Gasteiger partial charge >= 0.3 is 0 Å². The molecule has 1 aliphatic rings. The fourth-order valence-electron chi connectivity index (χ4n) is 2.49. The minimum Gasteiger partial charge on any atom is -0.378 e. The molecule has 1 aromatic carbocycles. The van der Waals surface area contributed by atoms with E-state index in [1.807, 2.05) is 0 Å². The van der Waals surface area contributed by atoms with Crippen LogP contribution in [0.3, 0.4) is 0 Å². The van der Waals surface area contributed by atoms with Gasteiger partial charge in [-0.15, -0.1) is 0 Å². The molecule has 0 atom stereocenters. The molecule has 0 saturated heterocycles. The van der Waals surface area contributed by atoms with Crippen molar-refractivity contribution in [1.29, 1.82) is 0 Å². The minimum atomic E-state index is -3.82. The molecule has 0 heterocycles. The Morgan fingerprint density at radius 2 is 1.86 bits per heavy atom. The highest BCUT2D eigenvalue weighted by molar-refractivity contribution is 7.89. The summed E-state index contributed by atoms with van der Waals surface area (Å²) in [5, 5.41) is 0. The number of hydrogen-bond acceptors (Lipinski definition) is 3. The normalized spacial score (nSPS) is 16.8. The van der Waals surface area contributed by atoms with Crippen LogP contribution < -0.4 is 4.72 Å². The summed E-state index contributed by atoms with van der Waals surface area (Å²) < 4.78 is 57.8. The van der Waals surface area contributed by atoms with Gasteiger partial charge in [-0.2, -0.15) is 0 Å². The maximum atomic E-state index is 13.1. The number of nitrogens with one attached hydrogen (secondary N) is 1. The highest BCUT2D eigenvalue weighted by atomic mass is 32.2. The number of ether oxygens (including phenoxy) is 1. The van der Waals surface area contributed by atoms with Crippen LogP contribution in [-0.4, -0.2) is 27.7 Å². The van der Waals surface area contributed by atoms with Crippen LogP contribution in [0.15, 0.2) is 23.1 Å². The molecule has 124 valence electrons. The highest BCUT2D eigenvalue weighted by Gasteiger charge is 2.16. The van der Waals surface area contributed by atoms with Crippen LogP contribution in [0.25, 0.3) is 0 Å². The minimum absolute atomic E-state index is 0.202. The van der Waals surface area contributed by atoms with E-state index in [0.29, 0.717) is 19.1 Å². The lowest BCUT2D eigenvalue weighted by Crippen LogP contribution is -2.26. The molecule has 1 aliphatic carbocycles. The van der Waals surface area contributed by atoms with Crippen molar-refractivity contribution < 1.29 is 21.9 Å². The van der Waals surface area contributed by atoms with Crippen LogP contribution >= 0.6 is 0 Å². The number of sulfonamides is 1. The molecule has 0 aromatic heterocycles. The van der Waals surface area contributed by atoms with E-state index in [1.165, 1.54) is 19.3 Å². The standard InChI is InChI=1S/C15H21F2NO3S/c16-14-8-7-13(11-15(14)17)22(19,20)18-9-4-10-21-12-5-2-1-3-6-12/h7-8,11-12,18H,1-6,9-10H2. The molecule has 0 bridgehead atoms. The Morgan fingerprint density at radius 3 is 2.55 bits per heavy atom. The van der Waals surface area contributed by atoms with Crippen molar-refractivity contribution in [2.45, 2.75) is 49.5 Å². The Hall–Kier alpha value is -1.05. The second-order valence-corrected chi connectivity index (χ2v) is 7.23. The molecule has 7 heteroatoms. The fraction of sp³-hybridized carbons (Fsp3) is 0.600. The van der Waals surface area contributed by atoms with Crippen LogP contribution in [0.5, 0.6) is 0 Å². The van der Waals surface area contributed by atoms with Gasteiger partial charge in [0.25, 0.3) is 0 Å². The highest BCUT2D eigenvalue weighted by Crippen LogP contribution is 2.20. The van der Waals surface area contributed by atoms with Gasteiger partial charge in [-0.25, -0.2) is 21.9 Å². The first-order valence-corrected chi connectivity index (χ1v) is 9.04. The van der Waals surface area contributed by atoms with Crippen LogP contribution in [0.1, 0.15) is 38.5 Å². The smallest absolute Gasteiger partial charge is 0.240 e. The van der Waals surface area contributed by atoms with E-state index in [1.54, 1.807) is 0 Å². The second kappa shape index (κ2) is 7.99. The summed E-state index contributed by atoms with van der Waals surface area (Å²) in [6.45, 7) is 0.693. The summed E-state index contributed by atoms with van der Waals surface area (Å²) in [7, 11) is -3.82. The lowest BCUT2D eigenvalue weighted by molar-refractivity contribution is 0.0278. The quantitative estimate of drug-likeness (QED) is 0.781. The zero-order valence-electron chi connectivity index (χ0n) is 12.4. The molecule has 22 heavy (non-hydrogen) atoms. The first-order chi connectivity index (χ1) is 10.5. The van der Waals surface area contributed by atoms with E-state index in [9.17, 15) is 17.2 Å². The van der Waals surface area contributed by atoms with Crippen LogP contribution in [0.2, 0.25) is 0 Å². The SMILES string of the molecule is O=S(=O)(NCCCOC1CCCCC1)c1ccc(F)c(F)c1. The van der Waals surface area contributed by atoms with Crippen molar-refractivity contribution in [2.75, 3.05) is 13.2 Å². The Labute approximate surface area is 129 Å². The van der Waals surface area contributed by atoms with Crippen molar-refractivity contribution in [3.05, 3.63) is 29.8 Å². The van der Waals surface area contributed by atoms with Gasteiger partial charge in [0.2, 0.25) is 10.0 Å². The van der Waals surface area contributed by atoms with Crippen molar-refractivity contribution >= 4 is 10.0 Å². The Balaban J connectivity index is 1.74. The number of halogens is 2. The van der Waals surface area contributed by atoms with Gasteiger partial charge in [0.1, 0.15) is 0 Å². The van der Waals surface area contributed by atoms with Gasteiger partial charge in [0.15, 0.2) is 11.6 Å². The van der Waals surface area contributed by atoms with Gasteiger partial charge in [0.05, 0.1) is 11.0 Å². The molecule has 0 spiro atoms. The first kappa shape index (κ1) is 17.3. The van der Waals surface area contributed by atoms with Crippen molar-refractivity contribution in [3.8, 4) is 0 Å². The number of rotatable bonds is 7. The summed E-state index contributed by atoms with van der Waals surface area (Å²) in [5.74, 6) is -2.25. The third kappa shape index (κ3) is 5.00. The summed E-state index contributed by atoms with van der Waals surface area (Å²) in [6, 6.07) is 2.52. The third-order valence-corrected chi connectivity index (χ3v) is 5.18. The van der Waals surface area contributed by atoms with Gasteiger partial charge in [0, 0.05) is 13.2 Å². The monoisotopic (exact) mass is 333 g/mol. The second-order valence-electron chi connectivity index (χ2n) is 5.46. The Morgan fingerprint density at radius 1 is 1.14 bits per heavy atom. The molecule has 1 aromatic rings. The van der Waals surface area contributed by atoms with E-state index in [0.717, 1.165) is 25.0 Å². The van der Waals surface area contributed by atoms with E-state index < -0.39 is 21.7 Å². The maximum absolute atomic E-state index is 13.1. The predicted molar refractivity (Wildman–Crippen MR) is 79.0 cm³/mol. The molecule has 0 aliphatic heterocycles. The third-order valence-electron chi connectivity index (χ3n) is 3.72. The number of benzene rings is 1. The first-order valence-electron chi connectivity index (χ1n) is 7.55. The summed E-state index contributed by atoms with van der Waals surface area (Å²) in [4.78, 5) is -0.278. The predicted octanol–water partition coefficient (Wildman–Crippen LogP) is 2.98. The molecule has 2 rings (SSSR count). The van der Waals surface area contributed by atoms with Gasteiger partial charge in [-0.3, -0.25) is 0 Å². The molecule has 0 amide bonds. The van der Waals surface area contributed by atoms with E-state index in [4.69, 9.17) is 4.74 Å². The van der Waals surface area contributed by atoms with E-state index in [2.05, 4.69) is 4.72 Å². The van der Waals surface area contributed by atoms with E-state index in [-0.39, 0.29) is 17.5 Å². The molecular weight excluding hydrogens is 312 g/mol. The summed E-state index contributed by atoms with van der Waals surface area (Å²) in [5.41, 5.74) is 0. The van der Waals surface area contributed by atoms with Crippen molar-refractivity contribution in [1.82, 2.24) is 4.72 Å². The van der Waals surface area contributed by atoms with Gasteiger partial charge in [-0.05, 0) is 37.5 Å². The summed E-state index contributed by atoms with van der Waals surface area (Å²) in [6.07, 6.45) is 6.60. The molecule has 1 N–H and O–H groups in total.